The fourth-order valence-corrected chi connectivity index (χ4v) is 1.97. The molecule has 1 aromatic carbocycles. The van der Waals surface area contributed by atoms with Crippen LogP contribution < -0.4 is 5.32 Å². The molecule has 2 rings (SSSR count). The summed E-state index contributed by atoms with van der Waals surface area (Å²) in [6.07, 6.45) is 1.71. The first-order valence-electron chi connectivity index (χ1n) is 5.85. The molecule has 0 aliphatic heterocycles. The molecule has 0 spiro atoms. The lowest BCUT2D eigenvalue weighted by atomic mass is 10.1. The fraction of sp³-hybridized carbons (Fsp3) is 0.214. The lowest BCUT2D eigenvalue weighted by Gasteiger charge is -2.14. The van der Waals surface area contributed by atoms with Crippen molar-refractivity contribution in [1.82, 2.24) is 10.3 Å². The number of pyridine rings is 1. The van der Waals surface area contributed by atoms with Gasteiger partial charge in [0.25, 0.3) is 0 Å². The second-order valence-electron chi connectivity index (χ2n) is 4.24. The maximum Gasteiger partial charge on any atom is 0.130 e. The van der Waals surface area contributed by atoms with Crippen molar-refractivity contribution >= 4 is 15.9 Å². The molecule has 0 saturated carbocycles. The Morgan fingerprint density at radius 2 is 2.05 bits per heavy atom. The molecule has 2 aromatic rings. The first kappa shape index (κ1) is 14.1. The molecule has 1 atom stereocenters. The van der Waals surface area contributed by atoms with E-state index in [0.717, 1.165) is 16.2 Å². The summed E-state index contributed by atoms with van der Waals surface area (Å²) in [5.74, 6) is -1.10. The van der Waals surface area contributed by atoms with Crippen LogP contribution in [0.2, 0.25) is 0 Å². The topological polar surface area (TPSA) is 24.9 Å². The number of nitrogens with zero attached hydrogens (tertiary/aromatic N) is 1. The van der Waals surface area contributed by atoms with E-state index < -0.39 is 11.6 Å². The second-order valence-corrected chi connectivity index (χ2v) is 5.15. The molecule has 1 heterocycles. The van der Waals surface area contributed by atoms with E-state index >= 15 is 0 Å². The van der Waals surface area contributed by atoms with Gasteiger partial charge >= 0.3 is 0 Å². The van der Waals surface area contributed by atoms with Crippen molar-refractivity contribution in [2.45, 2.75) is 19.5 Å². The molecule has 0 aliphatic rings. The maximum absolute atomic E-state index is 13.6. The lowest BCUT2D eigenvalue weighted by Crippen LogP contribution is -2.19. The number of nitrogens with one attached hydrogen (secondary N) is 1. The zero-order valence-electron chi connectivity index (χ0n) is 10.3. The van der Waals surface area contributed by atoms with E-state index in [-0.39, 0.29) is 6.04 Å². The molecule has 0 radical (unpaired) electrons. The van der Waals surface area contributed by atoms with Crippen LogP contribution in [0.15, 0.2) is 41.0 Å². The Kier molecular flexibility index (Phi) is 4.61. The van der Waals surface area contributed by atoms with Gasteiger partial charge in [0, 0.05) is 34.9 Å². The zero-order chi connectivity index (χ0) is 13.8. The minimum Gasteiger partial charge on any atom is -0.304 e. The normalized spacial score (nSPS) is 12.4. The molecular formula is C14H13BrF2N2. The third-order valence-electron chi connectivity index (χ3n) is 2.81. The quantitative estimate of drug-likeness (QED) is 0.919. The van der Waals surface area contributed by atoms with Crippen LogP contribution in [-0.2, 0) is 6.54 Å². The average Bonchev–Trinajstić information content (AvgIpc) is 2.37. The monoisotopic (exact) mass is 326 g/mol. The minimum atomic E-state index is -0.567. The van der Waals surface area contributed by atoms with Gasteiger partial charge in [-0.05, 0) is 41.1 Å². The van der Waals surface area contributed by atoms with E-state index in [1.165, 1.54) is 12.1 Å². The maximum atomic E-state index is 13.6. The number of benzene rings is 1. The predicted octanol–water partition coefficient (Wildman–Crippen LogP) is 3.97. The van der Waals surface area contributed by atoms with Gasteiger partial charge in [-0.25, -0.2) is 8.78 Å². The first-order chi connectivity index (χ1) is 9.06. The Morgan fingerprint density at radius 3 is 2.68 bits per heavy atom. The van der Waals surface area contributed by atoms with Crippen molar-refractivity contribution in [3.63, 3.8) is 0 Å². The highest BCUT2D eigenvalue weighted by Crippen LogP contribution is 2.18. The van der Waals surface area contributed by atoms with Crippen LogP contribution in [0, 0.1) is 11.6 Å². The fourth-order valence-electron chi connectivity index (χ4n) is 1.73. The van der Waals surface area contributed by atoms with E-state index in [1.54, 1.807) is 6.20 Å². The van der Waals surface area contributed by atoms with Crippen molar-refractivity contribution in [1.29, 1.82) is 0 Å². The van der Waals surface area contributed by atoms with Crippen molar-refractivity contribution in [3.05, 3.63) is 63.9 Å². The van der Waals surface area contributed by atoms with Gasteiger partial charge in [0.1, 0.15) is 11.6 Å². The van der Waals surface area contributed by atoms with E-state index in [1.807, 2.05) is 19.1 Å². The summed E-state index contributed by atoms with van der Waals surface area (Å²) in [4.78, 5) is 4.22. The number of aromatic nitrogens is 1. The molecule has 5 heteroatoms. The molecule has 0 amide bonds. The van der Waals surface area contributed by atoms with E-state index in [4.69, 9.17) is 0 Å². The zero-order valence-corrected chi connectivity index (χ0v) is 11.9. The first-order valence-corrected chi connectivity index (χ1v) is 6.64. The van der Waals surface area contributed by atoms with Crippen molar-refractivity contribution < 1.29 is 8.78 Å². The Balaban J connectivity index is 2.01. The molecule has 0 fully saturated rings. The molecule has 0 bridgehead atoms. The van der Waals surface area contributed by atoms with Crippen molar-refractivity contribution in [2.24, 2.45) is 0 Å². The van der Waals surface area contributed by atoms with E-state index in [0.29, 0.717) is 12.1 Å². The standard InChI is InChI=1S/C14H13BrF2N2/c1-9(13-5-3-11(16)6-14(13)17)18-8-12-4-2-10(15)7-19-12/h2-7,9,18H,8H2,1H3. The highest BCUT2D eigenvalue weighted by atomic mass is 79.9. The number of hydrogen-bond acceptors (Lipinski definition) is 2. The van der Waals surface area contributed by atoms with Crippen LogP contribution in [0.3, 0.4) is 0 Å². The van der Waals surface area contributed by atoms with Crippen LogP contribution in [-0.4, -0.2) is 4.98 Å². The van der Waals surface area contributed by atoms with Crippen LogP contribution in [0.25, 0.3) is 0 Å². The van der Waals surface area contributed by atoms with Crippen molar-refractivity contribution in [2.75, 3.05) is 0 Å². The largest absolute Gasteiger partial charge is 0.304 e. The second kappa shape index (κ2) is 6.21. The molecule has 2 nitrogen and oxygen atoms in total. The predicted molar refractivity (Wildman–Crippen MR) is 73.5 cm³/mol. The van der Waals surface area contributed by atoms with Gasteiger partial charge in [0.2, 0.25) is 0 Å². The third-order valence-corrected chi connectivity index (χ3v) is 3.28. The molecule has 0 aliphatic carbocycles. The van der Waals surface area contributed by atoms with Gasteiger partial charge in [-0.3, -0.25) is 4.98 Å². The van der Waals surface area contributed by atoms with Gasteiger partial charge in [0.05, 0.1) is 5.69 Å². The van der Waals surface area contributed by atoms with Crippen molar-refractivity contribution in [3.8, 4) is 0 Å². The number of hydrogen-bond donors (Lipinski definition) is 1. The molecule has 100 valence electrons. The van der Waals surface area contributed by atoms with E-state index in [9.17, 15) is 8.78 Å². The Bertz CT molecular complexity index is 558. The summed E-state index contributed by atoms with van der Waals surface area (Å²) < 4.78 is 27.3. The van der Waals surface area contributed by atoms with Crippen LogP contribution in [0.1, 0.15) is 24.2 Å². The third kappa shape index (κ3) is 3.81. The minimum absolute atomic E-state index is 0.217. The molecule has 1 N–H and O–H groups in total. The molecular weight excluding hydrogens is 314 g/mol. The number of halogens is 3. The number of rotatable bonds is 4. The lowest BCUT2D eigenvalue weighted by molar-refractivity contribution is 0.515. The Labute approximate surface area is 119 Å². The Morgan fingerprint density at radius 1 is 1.26 bits per heavy atom. The molecule has 1 aromatic heterocycles. The molecule has 0 saturated heterocycles. The summed E-state index contributed by atoms with van der Waals surface area (Å²) >= 11 is 3.31. The smallest absolute Gasteiger partial charge is 0.130 e. The van der Waals surface area contributed by atoms with Gasteiger partial charge in [-0.1, -0.05) is 6.07 Å². The highest BCUT2D eigenvalue weighted by molar-refractivity contribution is 9.10. The van der Waals surface area contributed by atoms with Crippen LogP contribution in [0.5, 0.6) is 0 Å². The summed E-state index contributed by atoms with van der Waals surface area (Å²) in [6.45, 7) is 2.35. The highest BCUT2D eigenvalue weighted by Gasteiger charge is 2.11. The van der Waals surface area contributed by atoms with Gasteiger partial charge in [0.15, 0.2) is 0 Å². The van der Waals surface area contributed by atoms with Crippen LogP contribution in [0.4, 0.5) is 8.78 Å². The summed E-state index contributed by atoms with van der Waals surface area (Å²) in [7, 11) is 0. The molecule has 19 heavy (non-hydrogen) atoms. The SMILES string of the molecule is CC(NCc1ccc(Br)cn1)c1ccc(F)cc1F. The van der Waals surface area contributed by atoms with Gasteiger partial charge in [-0.2, -0.15) is 0 Å². The van der Waals surface area contributed by atoms with Crippen LogP contribution >= 0.6 is 15.9 Å². The summed E-state index contributed by atoms with van der Waals surface area (Å²) in [5.41, 5.74) is 1.30. The summed E-state index contributed by atoms with van der Waals surface area (Å²) in [5, 5.41) is 3.15. The van der Waals surface area contributed by atoms with E-state index in [2.05, 4.69) is 26.2 Å². The Hall–Kier alpha value is -1.33. The molecule has 1 unspecified atom stereocenters. The van der Waals surface area contributed by atoms with Gasteiger partial charge in [-0.15, -0.1) is 0 Å². The average molecular weight is 327 g/mol. The summed E-state index contributed by atoms with van der Waals surface area (Å²) in [6, 6.07) is 7.17. The van der Waals surface area contributed by atoms with Gasteiger partial charge < -0.3 is 5.32 Å².